The van der Waals surface area contributed by atoms with E-state index in [1.807, 2.05) is 13.1 Å². The number of carbonyl (C=O) groups is 1. The van der Waals surface area contributed by atoms with E-state index in [2.05, 4.69) is 33.7 Å². The molecule has 6 nitrogen and oxygen atoms in total. The van der Waals surface area contributed by atoms with E-state index >= 15 is 0 Å². The summed E-state index contributed by atoms with van der Waals surface area (Å²) in [6, 6.07) is 0. The van der Waals surface area contributed by atoms with Crippen LogP contribution in [0.1, 0.15) is 50.4 Å². The van der Waals surface area contributed by atoms with E-state index in [0.717, 1.165) is 69.5 Å². The number of rotatable bonds is 4. The second-order valence-electron chi connectivity index (χ2n) is 8.72. The summed E-state index contributed by atoms with van der Waals surface area (Å²) in [5.41, 5.74) is 1.29. The molecule has 1 aromatic heterocycles. The van der Waals surface area contributed by atoms with Gasteiger partial charge >= 0.3 is 0 Å². The van der Waals surface area contributed by atoms with Gasteiger partial charge in [-0.15, -0.1) is 0 Å². The predicted molar refractivity (Wildman–Crippen MR) is 107 cm³/mol. The van der Waals surface area contributed by atoms with Crippen molar-refractivity contribution < 1.29 is 4.79 Å². The van der Waals surface area contributed by atoms with Crippen LogP contribution in [-0.4, -0.2) is 71.0 Å². The Kier molecular flexibility index (Phi) is 5.10. The molecule has 1 unspecified atom stereocenters. The lowest BCUT2D eigenvalue weighted by Gasteiger charge is -2.50. The maximum Gasteiger partial charge on any atom is 0.222 e. The Morgan fingerprint density at radius 1 is 1.22 bits per heavy atom. The molecule has 1 spiro atoms. The highest BCUT2D eigenvalue weighted by Gasteiger charge is 2.43. The Morgan fingerprint density at radius 2 is 2.04 bits per heavy atom. The van der Waals surface area contributed by atoms with Gasteiger partial charge in [-0.3, -0.25) is 9.69 Å². The number of hydrogen-bond donors (Lipinski definition) is 0. The van der Waals surface area contributed by atoms with Gasteiger partial charge in [0.25, 0.3) is 0 Å². The van der Waals surface area contributed by atoms with Gasteiger partial charge in [-0.25, -0.2) is 9.97 Å². The molecule has 1 aliphatic carbocycles. The Hall–Kier alpha value is -1.69. The van der Waals surface area contributed by atoms with Gasteiger partial charge in [0.1, 0.15) is 11.6 Å². The molecule has 3 heterocycles. The summed E-state index contributed by atoms with van der Waals surface area (Å²) in [6.45, 7) is 8.98. The summed E-state index contributed by atoms with van der Waals surface area (Å²) >= 11 is 0. The van der Waals surface area contributed by atoms with E-state index in [-0.39, 0.29) is 5.54 Å². The van der Waals surface area contributed by atoms with E-state index in [0.29, 0.717) is 12.3 Å². The van der Waals surface area contributed by atoms with Gasteiger partial charge in [0.2, 0.25) is 5.91 Å². The standard InChI is InChI=1S/C21H33N5O/c1-4-18-13-22-16(2)23-20(18)26-12-11-24(3)21(15-26)8-7-19(27)25(10-9-21)14-17-5-6-17/h13,17H,4-12,14-15H2,1-3H3. The van der Waals surface area contributed by atoms with E-state index in [9.17, 15) is 4.79 Å². The van der Waals surface area contributed by atoms with Crippen LogP contribution in [0, 0.1) is 12.8 Å². The van der Waals surface area contributed by atoms with Crippen molar-refractivity contribution in [3.8, 4) is 0 Å². The zero-order chi connectivity index (χ0) is 19.0. The van der Waals surface area contributed by atoms with Gasteiger partial charge in [-0.2, -0.15) is 0 Å². The highest BCUT2D eigenvalue weighted by Crippen LogP contribution is 2.36. The third kappa shape index (κ3) is 3.82. The minimum atomic E-state index is 0.0656. The van der Waals surface area contributed by atoms with Crippen molar-refractivity contribution in [3.63, 3.8) is 0 Å². The van der Waals surface area contributed by atoms with Crippen LogP contribution in [0.5, 0.6) is 0 Å². The SMILES string of the molecule is CCc1cnc(C)nc1N1CCN(C)C2(CCC(=O)N(CC3CC3)CC2)C1. The molecule has 3 fully saturated rings. The molecule has 6 heteroatoms. The molecule has 0 bridgehead atoms. The topological polar surface area (TPSA) is 52.6 Å². The van der Waals surface area contributed by atoms with Crippen LogP contribution < -0.4 is 4.90 Å². The van der Waals surface area contributed by atoms with Gasteiger partial charge in [-0.1, -0.05) is 6.92 Å². The average Bonchev–Trinajstić information content (AvgIpc) is 3.50. The van der Waals surface area contributed by atoms with Crippen LogP contribution in [0.4, 0.5) is 5.82 Å². The van der Waals surface area contributed by atoms with Crippen LogP contribution in [0.3, 0.4) is 0 Å². The Bertz CT molecular complexity index is 704. The van der Waals surface area contributed by atoms with E-state index in [1.54, 1.807) is 0 Å². The highest BCUT2D eigenvalue weighted by molar-refractivity contribution is 5.76. The van der Waals surface area contributed by atoms with Crippen molar-refractivity contribution in [2.75, 3.05) is 44.7 Å². The molecule has 1 amide bonds. The van der Waals surface area contributed by atoms with E-state index in [4.69, 9.17) is 4.98 Å². The first kappa shape index (κ1) is 18.7. The lowest BCUT2D eigenvalue weighted by atomic mass is 9.86. The van der Waals surface area contributed by atoms with Crippen molar-refractivity contribution in [1.29, 1.82) is 0 Å². The average molecular weight is 372 g/mol. The van der Waals surface area contributed by atoms with E-state index < -0.39 is 0 Å². The van der Waals surface area contributed by atoms with E-state index in [1.165, 1.54) is 18.4 Å². The molecular formula is C21H33N5O. The molecule has 0 aromatic carbocycles. The first-order chi connectivity index (χ1) is 13.0. The molecule has 2 aliphatic heterocycles. The summed E-state index contributed by atoms with van der Waals surface area (Å²) in [5, 5.41) is 0. The molecule has 4 rings (SSSR count). The predicted octanol–water partition coefficient (Wildman–Crippen LogP) is 2.26. The zero-order valence-corrected chi connectivity index (χ0v) is 17.1. The Balaban J connectivity index is 1.55. The second-order valence-corrected chi connectivity index (χ2v) is 8.72. The lowest BCUT2D eigenvalue weighted by molar-refractivity contribution is -0.130. The number of piperazine rings is 1. The van der Waals surface area contributed by atoms with Crippen LogP contribution >= 0.6 is 0 Å². The number of likely N-dealkylation sites (tertiary alicyclic amines) is 1. The zero-order valence-electron chi connectivity index (χ0n) is 17.1. The number of anilines is 1. The fourth-order valence-corrected chi connectivity index (χ4v) is 4.69. The van der Waals surface area contributed by atoms with Gasteiger partial charge in [0.05, 0.1) is 0 Å². The maximum absolute atomic E-state index is 12.7. The summed E-state index contributed by atoms with van der Waals surface area (Å²) in [7, 11) is 2.24. The van der Waals surface area contributed by atoms with Gasteiger partial charge in [0, 0.05) is 56.4 Å². The van der Waals surface area contributed by atoms with Gasteiger partial charge in [-0.05, 0) is 52.0 Å². The number of nitrogens with zero attached hydrogens (tertiary/aromatic N) is 5. The summed E-state index contributed by atoms with van der Waals surface area (Å²) in [6.07, 6.45) is 8.22. The Labute approximate surface area is 162 Å². The van der Waals surface area contributed by atoms with Crippen molar-refractivity contribution in [1.82, 2.24) is 19.8 Å². The number of hydrogen-bond acceptors (Lipinski definition) is 5. The fourth-order valence-electron chi connectivity index (χ4n) is 4.69. The van der Waals surface area contributed by atoms with Crippen molar-refractivity contribution in [2.24, 2.45) is 5.92 Å². The molecule has 27 heavy (non-hydrogen) atoms. The molecular weight excluding hydrogens is 338 g/mol. The molecule has 0 N–H and O–H groups in total. The monoisotopic (exact) mass is 371 g/mol. The normalized spacial score (nSPS) is 27.3. The summed E-state index contributed by atoms with van der Waals surface area (Å²) < 4.78 is 0. The number of aromatic nitrogens is 2. The van der Waals surface area contributed by atoms with Crippen molar-refractivity contribution in [2.45, 2.75) is 57.9 Å². The number of likely N-dealkylation sites (N-methyl/N-ethyl adjacent to an activating group) is 1. The van der Waals surface area contributed by atoms with Crippen LogP contribution in [0.15, 0.2) is 6.20 Å². The number of carbonyl (C=O) groups excluding carboxylic acids is 1. The summed E-state index contributed by atoms with van der Waals surface area (Å²) in [4.78, 5) is 29.0. The lowest BCUT2D eigenvalue weighted by Crippen LogP contribution is -2.61. The summed E-state index contributed by atoms with van der Waals surface area (Å²) in [5.74, 6) is 3.06. The van der Waals surface area contributed by atoms with Gasteiger partial charge < -0.3 is 9.80 Å². The van der Waals surface area contributed by atoms with Gasteiger partial charge in [0.15, 0.2) is 0 Å². The molecule has 148 valence electrons. The van der Waals surface area contributed by atoms with Crippen LogP contribution in [-0.2, 0) is 11.2 Å². The third-order valence-corrected chi connectivity index (χ3v) is 6.82. The molecule has 0 radical (unpaired) electrons. The molecule has 1 aromatic rings. The molecule has 3 aliphatic rings. The smallest absolute Gasteiger partial charge is 0.222 e. The van der Waals surface area contributed by atoms with Crippen molar-refractivity contribution in [3.05, 3.63) is 17.6 Å². The minimum absolute atomic E-state index is 0.0656. The highest BCUT2D eigenvalue weighted by atomic mass is 16.2. The number of amides is 1. The Morgan fingerprint density at radius 3 is 2.78 bits per heavy atom. The fraction of sp³-hybridized carbons (Fsp3) is 0.762. The molecule has 1 atom stereocenters. The molecule has 1 saturated carbocycles. The first-order valence-electron chi connectivity index (χ1n) is 10.6. The largest absolute Gasteiger partial charge is 0.353 e. The minimum Gasteiger partial charge on any atom is -0.353 e. The van der Waals surface area contributed by atoms with Crippen molar-refractivity contribution >= 4 is 11.7 Å². The van der Waals surface area contributed by atoms with Crippen LogP contribution in [0.25, 0.3) is 0 Å². The number of aryl methyl sites for hydroxylation is 2. The quantitative estimate of drug-likeness (QED) is 0.813. The first-order valence-corrected chi connectivity index (χ1v) is 10.6. The van der Waals surface area contributed by atoms with Crippen LogP contribution in [0.2, 0.25) is 0 Å². The maximum atomic E-state index is 12.7. The molecule has 2 saturated heterocycles. The second kappa shape index (κ2) is 7.38. The third-order valence-electron chi connectivity index (χ3n) is 6.82.